The van der Waals surface area contributed by atoms with E-state index in [-0.39, 0.29) is 0 Å². The van der Waals surface area contributed by atoms with Gasteiger partial charge in [-0.2, -0.15) is 13.2 Å². The molecule has 0 aliphatic carbocycles. The van der Waals surface area contributed by atoms with Crippen molar-refractivity contribution in [3.05, 3.63) is 0 Å². The molecule has 0 bridgehead atoms. The van der Waals surface area contributed by atoms with E-state index in [9.17, 15) is 18.0 Å². The Morgan fingerprint density at radius 1 is 1.64 bits per heavy atom. The molecule has 0 spiro atoms. The molecule has 0 N–H and O–H groups in total. The van der Waals surface area contributed by atoms with E-state index in [0.717, 1.165) is 0 Å². The summed E-state index contributed by atoms with van der Waals surface area (Å²) >= 11 is 5.12. The zero-order chi connectivity index (χ0) is 9.07. The average Bonchev–Trinajstić information content (AvgIpc) is 1.80. The predicted octanol–water partition coefficient (Wildman–Crippen LogP) is 1.72. The lowest BCUT2D eigenvalue weighted by atomic mass is 10.5. The van der Waals surface area contributed by atoms with Crippen LogP contribution in [0.1, 0.15) is 6.92 Å². The molecule has 66 valence electrons. The Balaban J connectivity index is 3.64. The molecule has 1 atom stereocenters. The summed E-state index contributed by atoms with van der Waals surface area (Å²) in [6.07, 6.45) is -4.48. The molecule has 0 heterocycles. The van der Waals surface area contributed by atoms with Crippen molar-refractivity contribution in [1.29, 1.82) is 0 Å². The number of hydrogen-bond donors (Lipinski definition) is 0. The van der Waals surface area contributed by atoms with Gasteiger partial charge < -0.3 is 4.74 Å². The van der Waals surface area contributed by atoms with Crippen LogP contribution in [-0.2, 0) is 9.53 Å². The summed E-state index contributed by atoms with van der Waals surface area (Å²) in [5, 5.41) is -1.04. The van der Waals surface area contributed by atoms with Gasteiger partial charge in [0.25, 0.3) is 0 Å². The fourth-order valence-corrected chi connectivity index (χ4v) is 0.331. The zero-order valence-electron chi connectivity index (χ0n) is 5.61. The van der Waals surface area contributed by atoms with Crippen LogP contribution >= 0.6 is 11.6 Å². The Hall–Kier alpha value is -0.450. The number of hydrogen-bond acceptors (Lipinski definition) is 2. The highest BCUT2D eigenvalue weighted by atomic mass is 35.5. The third kappa shape index (κ3) is 5.97. The van der Waals surface area contributed by atoms with Crippen LogP contribution in [0.4, 0.5) is 13.2 Å². The summed E-state index contributed by atoms with van der Waals surface area (Å²) < 4.78 is 37.8. The van der Waals surface area contributed by atoms with E-state index in [2.05, 4.69) is 4.74 Å². The van der Waals surface area contributed by atoms with Crippen molar-refractivity contribution in [3.8, 4) is 0 Å². The molecule has 0 aliphatic heterocycles. The standard InChI is InChI=1S/C5H6ClF3O2/c1-3(6)4(10)11-2-5(7,8)9/h3H,2H2,1H3. The summed E-state index contributed by atoms with van der Waals surface area (Å²) in [6, 6.07) is 0. The molecule has 1 unspecified atom stereocenters. The molecule has 0 saturated heterocycles. The van der Waals surface area contributed by atoms with Gasteiger partial charge in [0.05, 0.1) is 0 Å². The molecular weight excluding hydrogens is 184 g/mol. The molecule has 0 aromatic rings. The highest BCUT2D eigenvalue weighted by Gasteiger charge is 2.30. The van der Waals surface area contributed by atoms with Crippen LogP contribution in [0.5, 0.6) is 0 Å². The quantitative estimate of drug-likeness (QED) is 0.490. The van der Waals surface area contributed by atoms with E-state index in [1.807, 2.05) is 0 Å². The molecule has 0 saturated carbocycles. The highest BCUT2D eigenvalue weighted by molar-refractivity contribution is 6.29. The van der Waals surface area contributed by atoms with Gasteiger partial charge in [-0.3, -0.25) is 4.79 Å². The van der Waals surface area contributed by atoms with Crippen molar-refractivity contribution in [2.24, 2.45) is 0 Å². The summed E-state index contributed by atoms with van der Waals surface area (Å²) in [5.41, 5.74) is 0. The summed E-state index contributed by atoms with van der Waals surface area (Å²) in [6.45, 7) is -0.344. The molecule has 0 aromatic heterocycles. The van der Waals surface area contributed by atoms with Crippen molar-refractivity contribution in [2.45, 2.75) is 18.5 Å². The molecule has 0 amide bonds. The van der Waals surface area contributed by atoms with Gasteiger partial charge in [0.1, 0.15) is 5.38 Å². The summed E-state index contributed by atoms with van der Waals surface area (Å²) in [4.78, 5) is 10.3. The maximum atomic E-state index is 11.4. The fourth-order valence-electron chi connectivity index (χ4n) is 0.268. The minimum absolute atomic E-state index is 1.04. The molecule has 6 heteroatoms. The smallest absolute Gasteiger partial charge is 0.422 e. The number of carbonyl (C=O) groups excluding carboxylic acids is 1. The van der Waals surface area contributed by atoms with Gasteiger partial charge >= 0.3 is 12.1 Å². The normalized spacial score (nSPS) is 14.3. The Bertz CT molecular complexity index is 143. The first-order valence-corrected chi connectivity index (χ1v) is 3.14. The molecule has 0 rings (SSSR count). The maximum Gasteiger partial charge on any atom is 0.422 e. The van der Waals surface area contributed by atoms with Crippen LogP contribution in [0.15, 0.2) is 0 Å². The van der Waals surface area contributed by atoms with Crippen LogP contribution in [0.2, 0.25) is 0 Å². The lowest BCUT2D eigenvalue weighted by molar-refractivity contribution is -0.185. The van der Waals surface area contributed by atoms with Gasteiger partial charge in [-0.05, 0) is 6.92 Å². The largest absolute Gasteiger partial charge is 0.455 e. The summed E-state index contributed by atoms with van der Waals surface area (Å²) in [5.74, 6) is -1.07. The van der Waals surface area contributed by atoms with Gasteiger partial charge in [0.15, 0.2) is 6.61 Å². The van der Waals surface area contributed by atoms with Crippen LogP contribution in [0, 0.1) is 0 Å². The molecule has 11 heavy (non-hydrogen) atoms. The molecule has 0 aliphatic rings. The van der Waals surface area contributed by atoms with Crippen LogP contribution in [0.3, 0.4) is 0 Å². The number of rotatable bonds is 2. The predicted molar refractivity (Wildman–Crippen MR) is 32.3 cm³/mol. The van der Waals surface area contributed by atoms with Crippen molar-refractivity contribution < 1.29 is 22.7 Å². The number of esters is 1. The average molecular weight is 191 g/mol. The lowest BCUT2D eigenvalue weighted by Crippen LogP contribution is -2.23. The Labute approximate surface area is 66.3 Å². The summed E-state index contributed by atoms with van der Waals surface area (Å²) in [7, 11) is 0. The third-order valence-electron chi connectivity index (χ3n) is 0.703. The second-order valence-electron chi connectivity index (χ2n) is 1.84. The first-order valence-electron chi connectivity index (χ1n) is 2.70. The first-order chi connectivity index (χ1) is 4.83. The molecule has 2 nitrogen and oxygen atoms in total. The number of alkyl halides is 4. The monoisotopic (exact) mass is 190 g/mol. The number of halogens is 4. The van der Waals surface area contributed by atoms with Gasteiger partial charge in [-0.25, -0.2) is 0 Å². The van der Waals surface area contributed by atoms with E-state index >= 15 is 0 Å². The topological polar surface area (TPSA) is 26.3 Å². The lowest BCUT2D eigenvalue weighted by Gasteiger charge is -2.07. The van der Waals surface area contributed by atoms with Crippen LogP contribution in [-0.4, -0.2) is 24.1 Å². The van der Waals surface area contributed by atoms with E-state index in [4.69, 9.17) is 11.6 Å². The van der Waals surface area contributed by atoms with E-state index in [0.29, 0.717) is 0 Å². The fraction of sp³-hybridized carbons (Fsp3) is 0.800. The number of ether oxygens (including phenoxy) is 1. The molecular formula is C5H6ClF3O2. The molecule has 0 aromatic carbocycles. The Morgan fingerprint density at radius 3 is 2.36 bits per heavy atom. The van der Waals surface area contributed by atoms with E-state index in [1.165, 1.54) is 6.92 Å². The first kappa shape index (κ1) is 10.6. The maximum absolute atomic E-state index is 11.4. The number of carbonyl (C=O) groups is 1. The zero-order valence-corrected chi connectivity index (χ0v) is 6.37. The second kappa shape index (κ2) is 3.80. The van der Waals surface area contributed by atoms with Crippen LogP contribution < -0.4 is 0 Å². The van der Waals surface area contributed by atoms with Crippen molar-refractivity contribution in [3.63, 3.8) is 0 Å². The molecule has 0 radical (unpaired) electrons. The van der Waals surface area contributed by atoms with Gasteiger partial charge in [-0.15, -0.1) is 11.6 Å². The van der Waals surface area contributed by atoms with E-state index in [1.54, 1.807) is 0 Å². The van der Waals surface area contributed by atoms with Gasteiger partial charge in [0.2, 0.25) is 0 Å². The van der Waals surface area contributed by atoms with Crippen molar-refractivity contribution in [1.82, 2.24) is 0 Å². The second-order valence-corrected chi connectivity index (χ2v) is 2.49. The highest BCUT2D eigenvalue weighted by Crippen LogP contribution is 2.15. The minimum atomic E-state index is -4.48. The SMILES string of the molecule is CC(Cl)C(=O)OCC(F)(F)F. The minimum Gasteiger partial charge on any atom is -0.455 e. The van der Waals surface area contributed by atoms with Gasteiger partial charge in [-0.1, -0.05) is 0 Å². The Kier molecular flexibility index (Phi) is 3.65. The van der Waals surface area contributed by atoms with Crippen LogP contribution in [0.25, 0.3) is 0 Å². The Morgan fingerprint density at radius 2 is 2.09 bits per heavy atom. The van der Waals surface area contributed by atoms with E-state index < -0.39 is 24.1 Å². The van der Waals surface area contributed by atoms with Crippen molar-refractivity contribution >= 4 is 17.6 Å². The third-order valence-corrected chi connectivity index (χ3v) is 0.881. The molecule has 0 fully saturated rings. The van der Waals surface area contributed by atoms with Gasteiger partial charge in [0, 0.05) is 0 Å². The van der Waals surface area contributed by atoms with Crippen molar-refractivity contribution in [2.75, 3.05) is 6.61 Å².